The maximum Gasteiger partial charge on any atom is 0.407 e. The summed E-state index contributed by atoms with van der Waals surface area (Å²) in [6.45, 7) is 1.99. The van der Waals surface area contributed by atoms with Gasteiger partial charge in [-0.15, -0.1) is 0 Å². The lowest BCUT2D eigenvalue weighted by atomic mass is 10.1. The molecule has 3 rings (SSSR count). The third-order valence-electron chi connectivity index (χ3n) is 4.00. The van der Waals surface area contributed by atoms with E-state index in [4.69, 9.17) is 22.4 Å². The average Bonchev–Trinajstić information content (AvgIpc) is 2.57. The highest BCUT2D eigenvalue weighted by Gasteiger charge is 2.21. The molecule has 1 saturated heterocycles. The Hall–Kier alpha value is -2.54. The van der Waals surface area contributed by atoms with E-state index in [0.29, 0.717) is 36.8 Å². The van der Waals surface area contributed by atoms with Crippen LogP contribution in [-0.2, 0) is 0 Å². The fourth-order valence-electron chi connectivity index (χ4n) is 2.69. The molecule has 0 spiro atoms. The van der Waals surface area contributed by atoms with Gasteiger partial charge in [-0.05, 0) is 29.8 Å². The molecule has 1 aliphatic heterocycles. The van der Waals surface area contributed by atoms with Crippen molar-refractivity contribution in [2.45, 2.75) is 0 Å². The second kappa shape index (κ2) is 6.52. The average molecular weight is 351 g/mol. The predicted octanol–water partition coefficient (Wildman–Crippen LogP) is 2.92. The van der Waals surface area contributed by atoms with Gasteiger partial charge in [0.1, 0.15) is 0 Å². The van der Waals surface area contributed by atoms with Crippen LogP contribution in [0.25, 0.3) is 11.1 Å². The number of carboxylic acid groups (broad SMARTS) is 1. The van der Waals surface area contributed by atoms with Gasteiger partial charge < -0.3 is 20.6 Å². The van der Waals surface area contributed by atoms with Gasteiger partial charge in [0.15, 0.2) is 11.6 Å². The lowest BCUT2D eigenvalue weighted by Gasteiger charge is -2.34. The van der Waals surface area contributed by atoms with Crippen molar-refractivity contribution in [2.24, 2.45) is 0 Å². The van der Waals surface area contributed by atoms with Gasteiger partial charge >= 0.3 is 6.09 Å². The quantitative estimate of drug-likeness (QED) is 0.870. The molecular weight excluding hydrogens is 335 g/mol. The molecule has 0 aliphatic carbocycles. The number of anilines is 2. The molecule has 2 heterocycles. The van der Waals surface area contributed by atoms with Crippen LogP contribution in [0.1, 0.15) is 0 Å². The fourth-order valence-corrected chi connectivity index (χ4v) is 2.92. The highest BCUT2D eigenvalue weighted by molar-refractivity contribution is 6.31. The number of amides is 1. The Bertz CT molecular complexity index is 779. The Morgan fingerprint density at radius 1 is 1.17 bits per heavy atom. The van der Waals surface area contributed by atoms with Crippen LogP contribution >= 0.6 is 11.6 Å². The Balaban J connectivity index is 1.87. The summed E-state index contributed by atoms with van der Waals surface area (Å²) in [6.07, 6.45) is 0.584. The van der Waals surface area contributed by atoms with Crippen molar-refractivity contribution in [3.8, 4) is 11.1 Å². The minimum Gasteiger partial charge on any atom is -0.465 e. The normalized spacial score (nSPS) is 14.8. The summed E-state index contributed by atoms with van der Waals surface area (Å²) in [5.41, 5.74) is 7.57. The van der Waals surface area contributed by atoms with Gasteiger partial charge in [0, 0.05) is 48.6 Å². The highest BCUT2D eigenvalue weighted by Crippen LogP contribution is 2.30. The number of carbonyl (C=O) groups is 1. The standard InChI is InChI=1S/C16H16ClFN4O2/c17-12-5-10(11-7-14(18)15(19)20-9-11)6-13(8-12)21-1-3-22(4-2-21)16(23)24/h5-9H,1-4H2,(H2,19,20)(H,23,24). The number of hydrogen-bond acceptors (Lipinski definition) is 4. The van der Waals surface area contributed by atoms with Crippen molar-refractivity contribution in [1.82, 2.24) is 9.88 Å². The number of aromatic nitrogens is 1. The minimum atomic E-state index is -0.912. The molecule has 8 heteroatoms. The first-order chi connectivity index (χ1) is 11.4. The van der Waals surface area contributed by atoms with E-state index in [2.05, 4.69) is 9.88 Å². The van der Waals surface area contributed by atoms with Crippen LogP contribution in [0.4, 0.5) is 20.7 Å². The summed E-state index contributed by atoms with van der Waals surface area (Å²) in [5.74, 6) is -0.727. The number of benzene rings is 1. The van der Waals surface area contributed by atoms with Crippen LogP contribution in [-0.4, -0.2) is 47.3 Å². The molecule has 6 nitrogen and oxygen atoms in total. The van der Waals surface area contributed by atoms with Gasteiger partial charge in [-0.25, -0.2) is 14.2 Å². The summed E-state index contributed by atoms with van der Waals surface area (Å²) >= 11 is 6.20. The lowest BCUT2D eigenvalue weighted by molar-refractivity contribution is 0.142. The van der Waals surface area contributed by atoms with E-state index < -0.39 is 11.9 Å². The van der Waals surface area contributed by atoms with Crippen molar-refractivity contribution in [3.63, 3.8) is 0 Å². The molecule has 24 heavy (non-hydrogen) atoms. The van der Waals surface area contributed by atoms with E-state index in [1.807, 2.05) is 12.1 Å². The van der Waals surface area contributed by atoms with E-state index in [9.17, 15) is 9.18 Å². The first-order valence-corrected chi connectivity index (χ1v) is 7.76. The van der Waals surface area contributed by atoms with Gasteiger partial charge in [-0.2, -0.15) is 0 Å². The number of nitrogens with two attached hydrogens (primary N) is 1. The third-order valence-corrected chi connectivity index (χ3v) is 4.22. The van der Waals surface area contributed by atoms with Gasteiger partial charge in [-0.3, -0.25) is 0 Å². The largest absolute Gasteiger partial charge is 0.465 e. The molecule has 1 fully saturated rings. The molecule has 1 amide bonds. The van der Waals surface area contributed by atoms with Gasteiger partial charge in [0.25, 0.3) is 0 Å². The van der Waals surface area contributed by atoms with Gasteiger partial charge in [0.05, 0.1) is 0 Å². The highest BCUT2D eigenvalue weighted by atomic mass is 35.5. The predicted molar refractivity (Wildman–Crippen MR) is 90.9 cm³/mol. The zero-order valence-corrected chi connectivity index (χ0v) is 13.5. The molecule has 3 N–H and O–H groups in total. The molecule has 0 saturated carbocycles. The zero-order chi connectivity index (χ0) is 17.3. The Labute approximate surface area is 143 Å². The Morgan fingerprint density at radius 2 is 1.88 bits per heavy atom. The summed E-state index contributed by atoms with van der Waals surface area (Å²) in [4.78, 5) is 18.2. The second-order valence-corrected chi connectivity index (χ2v) is 5.98. The maximum absolute atomic E-state index is 13.6. The SMILES string of the molecule is Nc1ncc(-c2cc(Cl)cc(N3CCN(C(=O)O)CC3)c2)cc1F. The monoisotopic (exact) mass is 350 g/mol. The van der Waals surface area contributed by atoms with Crippen LogP contribution < -0.4 is 10.6 Å². The molecule has 126 valence electrons. The summed E-state index contributed by atoms with van der Waals surface area (Å²) in [5, 5.41) is 9.53. The summed E-state index contributed by atoms with van der Waals surface area (Å²) < 4.78 is 13.6. The number of nitrogens with zero attached hydrogens (tertiary/aromatic N) is 3. The number of halogens is 2. The van der Waals surface area contributed by atoms with Gasteiger partial charge in [0.2, 0.25) is 0 Å². The van der Waals surface area contributed by atoms with Gasteiger partial charge in [-0.1, -0.05) is 11.6 Å². The molecule has 0 radical (unpaired) electrons. The van der Waals surface area contributed by atoms with Crippen molar-refractivity contribution in [2.75, 3.05) is 36.8 Å². The number of rotatable bonds is 2. The molecule has 0 bridgehead atoms. The van der Waals surface area contributed by atoms with Crippen molar-refractivity contribution < 1.29 is 14.3 Å². The van der Waals surface area contributed by atoms with Crippen LogP contribution in [0, 0.1) is 5.82 Å². The van der Waals surface area contributed by atoms with E-state index in [0.717, 1.165) is 11.3 Å². The Kier molecular flexibility index (Phi) is 4.44. The molecule has 1 aliphatic rings. The lowest BCUT2D eigenvalue weighted by Crippen LogP contribution is -2.48. The first-order valence-electron chi connectivity index (χ1n) is 7.39. The fraction of sp³-hybridized carbons (Fsp3) is 0.250. The van der Waals surface area contributed by atoms with Crippen LogP contribution in [0.5, 0.6) is 0 Å². The maximum atomic E-state index is 13.6. The number of pyridine rings is 1. The topological polar surface area (TPSA) is 82.7 Å². The summed E-state index contributed by atoms with van der Waals surface area (Å²) in [6, 6.07) is 6.74. The minimum absolute atomic E-state index is 0.147. The molecule has 2 aromatic rings. The number of piperazine rings is 1. The van der Waals surface area contributed by atoms with Crippen LogP contribution in [0.3, 0.4) is 0 Å². The smallest absolute Gasteiger partial charge is 0.407 e. The third kappa shape index (κ3) is 3.35. The number of nitrogen functional groups attached to an aromatic ring is 1. The molecule has 1 aromatic heterocycles. The van der Waals surface area contributed by atoms with Crippen LogP contribution in [0.15, 0.2) is 30.5 Å². The van der Waals surface area contributed by atoms with Crippen molar-refractivity contribution in [1.29, 1.82) is 0 Å². The van der Waals surface area contributed by atoms with Crippen molar-refractivity contribution in [3.05, 3.63) is 41.3 Å². The first kappa shape index (κ1) is 16.3. The van der Waals surface area contributed by atoms with Crippen LogP contribution in [0.2, 0.25) is 5.02 Å². The molecule has 1 aromatic carbocycles. The number of hydrogen-bond donors (Lipinski definition) is 2. The van der Waals surface area contributed by atoms with Crippen molar-refractivity contribution >= 4 is 29.2 Å². The van der Waals surface area contributed by atoms with E-state index in [1.54, 1.807) is 6.07 Å². The molecule has 0 atom stereocenters. The second-order valence-electron chi connectivity index (χ2n) is 5.55. The zero-order valence-electron chi connectivity index (χ0n) is 12.7. The summed E-state index contributed by atoms with van der Waals surface area (Å²) in [7, 11) is 0. The van der Waals surface area contributed by atoms with E-state index in [1.165, 1.54) is 17.2 Å². The Morgan fingerprint density at radius 3 is 2.50 bits per heavy atom. The van der Waals surface area contributed by atoms with E-state index >= 15 is 0 Å². The molecular formula is C16H16ClFN4O2. The molecule has 0 unspecified atom stereocenters. The van der Waals surface area contributed by atoms with E-state index in [-0.39, 0.29) is 5.82 Å².